The van der Waals surface area contributed by atoms with Gasteiger partial charge in [0.2, 0.25) is 0 Å². The Morgan fingerprint density at radius 2 is 2.12 bits per heavy atom. The quantitative estimate of drug-likeness (QED) is 0.643. The summed E-state index contributed by atoms with van der Waals surface area (Å²) in [4.78, 5) is 22.5. The molecule has 86 valence electrons. The molecule has 1 aromatic carbocycles. The number of aromatic carboxylic acids is 1. The van der Waals surface area contributed by atoms with Gasteiger partial charge in [0.1, 0.15) is 0 Å². The lowest BCUT2D eigenvalue weighted by Gasteiger charge is -2.04. The molecule has 0 unspecified atom stereocenters. The Hall–Kier alpha value is -1.49. The summed E-state index contributed by atoms with van der Waals surface area (Å²) < 4.78 is 4.50. The molecule has 0 bridgehead atoms. The second kappa shape index (κ2) is 5.55. The fourth-order valence-corrected chi connectivity index (χ4v) is 1.89. The van der Waals surface area contributed by atoms with Crippen LogP contribution in [0.5, 0.6) is 0 Å². The number of methoxy groups -OCH3 is 1. The van der Waals surface area contributed by atoms with E-state index in [0.717, 1.165) is 4.90 Å². The van der Waals surface area contributed by atoms with Crippen molar-refractivity contribution >= 4 is 23.7 Å². The number of aryl methyl sites for hydroxylation is 1. The highest BCUT2D eigenvalue weighted by molar-refractivity contribution is 8.00. The number of ether oxygens (including phenoxy) is 1. The van der Waals surface area contributed by atoms with Crippen molar-refractivity contribution in [3.05, 3.63) is 29.3 Å². The number of carbonyl (C=O) groups excluding carboxylic acids is 1. The summed E-state index contributed by atoms with van der Waals surface area (Å²) in [5.74, 6) is -1.11. The maximum Gasteiger partial charge on any atom is 0.335 e. The van der Waals surface area contributed by atoms with Crippen LogP contribution in [0, 0.1) is 6.92 Å². The van der Waals surface area contributed by atoms with E-state index in [4.69, 9.17) is 5.11 Å². The van der Waals surface area contributed by atoms with Crippen LogP contribution in [0.4, 0.5) is 0 Å². The third kappa shape index (κ3) is 3.27. The zero-order chi connectivity index (χ0) is 12.1. The molecule has 0 amide bonds. The average molecular weight is 240 g/mol. The van der Waals surface area contributed by atoms with Crippen molar-refractivity contribution in [3.8, 4) is 0 Å². The van der Waals surface area contributed by atoms with Gasteiger partial charge in [-0.3, -0.25) is 4.79 Å². The van der Waals surface area contributed by atoms with Gasteiger partial charge in [0.25, 0.3) is 0 Å². The molecule has 1 rings (SSSR count). The number of thioether (sulfide) groups is 1. The highest BCUT2D eigenvalue weighted by Gasteiger charge is 2.09. The highest BCUT2D eigenvalue weighted by atomic mass is 32.2. The Morgan fingerprint density at radius 3 is 2.69 bits per heavy atom. The second-order valence-electron chi connectivity index (χ2n) is 3.15. The van der Waals surface area contributed by atoms with Crippen molar-refractivity contribution in [1.82, 2.24) is 0 Å². The zero-order valence-electron chi connectivity index (χ0n) is 9.02. The minimum Gasteiger partial charge on any atom is -0.478 e. The summed E-state index contributed by atoms with van der Waals surface area (Å²) in [6.45, 7) is 1.73. The summed E-state index contributed by atoms with van der Waals surface area (Å²) in [7, 11) is 1.32. The van der Waals surface area contributed by atoms with Crippen molar-refractivity contribution in [2.45, 2.75) is 11.8 Å². The number of esters is 1. The fraction of sp³-hybridized carbons (Fsp3) is 0.273. The van der Waals surface area contributed by atoms with Gasteiger partial charge >= 0.3 is 11.9 Å². The maximum absolute atomic E-state index is 10.9. The van der Waals surface area contributed by atoms with E-state index < -0.39 is 5.97 Å². The lowest BCUT2D eigenvalue weighted by molar-refractivity contribution is -0.137. The number of carbonyl (C=O) groups is 2. The van der Waals surface area contributed by atoms with Crippen molar-refractivity contribution in [1.29, 1.82) is 0 Å². The van der Waals surface area contributed by atoms with Gasteiger partial charge in [-0.2, -0.15) is 0 Å². The Morgan fingerprint density at radius 1 is 1.44 bits per heavy atom. The standard InChI is InChI=1S/C11H12O4S/c1-7-3-4-8(5-9(7)11(13)14)16-6-10(12)15-2/h3-5H,6H2,1-2H3,(H,13,14). The van der Waals surface area contributed by atoms with E-state index in [0.29, 0.717) is 5.56 Å². The summed E-state index contributed by atoms with van der Waals surface area (Å²) in [6.07, 6.45) is 0. The molecule has 5 heteroatoms. The normalized spacial score (nSPS) is 9.88. The van der Waals surface area contributed by atoms with Crippen LogP contribution in [0.15, 0.2) is 23.1 Å². The summed E-state index contributed by atoms with van der Waals surface area (Å²) >= 11 is 1.26. The Labute approximate surface area is 97.6 Å². The zero-order valence-corrected chi connectivity index (χ0v) is 9.84. The summed E-state index contributed by atoms with van der Waals surface area (Å²) in [6, 6.07) is 5.07. The number of hydrogen-bond donors (Lipinski definition) is 1. The van der Waals surface area contributed by atoms with E-state index in [-0.39, 0.29) is 17.3 Å². The first-order chi connectivity index (χ1) is 7.54. The van der Waals surface area contributed by atoms with Crippen LogP contribution in [0.2, 0.25) is 0 Å². The molecule has 0 atom stereocenters. The van der Waals surface area contributed by atoms with E-state index in [1.54, 1.807) is 25.1 Å². The van der Waals surface area contributed by atoms with Gasteiger partial charge < -0.3 is 9.84 Å². The number of carboxylic acid groups (broad SMARTS) is 1. The molecule has 0 aliphatic carbocycles. The molecule has 0 heterocycles. The van der Waals surface area contributed by atoms with E-state index in [1.807, 2.05) is 0 Å². The lowest BCUT2D eigenvalue weighted by Crippen LogP contribution is -2.03. The minimum absolute atomic E-state index is 0.179. The maximum atomic E-state index is 10.9. The smallest absolute Gasteiger partial charge is 0.335 e. The third-order valence-corrected chi connectivity index (χ3v) is 2.99. The van der Waals surface area contributed by atoms with Gasteiger partial charge in [0, 0.05) is 4.90 Å². The molecule has 16 heavy (non-hydrogen) atoms. The van der Waals surface area contributed by atoms with Crippen LogP contribution in [0.25, 0.3) is 0 Å². The van der Waals surface area contributed by atoms with Crippen LogP contribution in [0.3, 0.4) is 0 Å². The predicted molar refractivity (Wildman–Crippen MR) is 60.9 cm³/mol. The van der Waals surface area contributed by atoms with Crippen LogP contribution < -0.4 is 0 Å². The molecule has 0 fully saturated rings. The van der Waals surface area contributed by atoms with E-state index >= 15 is 0 Å². The molecule has 0 aromatic heterocycles. The molecule has 1 N–H and O–H groups in total. The molecule has 1 aromatic rings. The number of hydrogen-bond acceptors (Lipinski definition) is 4. The molecular formula is C11H12O4S. The van der Waals surface area contributed by atoms with Crippen LogP contribution in [0.1, 0.15) is 15.9 Å². The highest BCUT2D eigenvalue weighted by Crippen LogP contribution is 2.21. The average Bonchev–Trinajstić information content (AvgIpc) is 2.27. The molecule has 0 aliphatic rings. The summed E-state index contributed by atoms with van der Waals surface area (Å²) in [5.41, 5.74) is 0.963. The van der Waals surface area contributed by atoms with Gasteiger partial charge in [-0.05, 0) is 24.6 Å². The second-order valence-corrected chi connectivity index (χ2v) is 4.20. The Kier molecular flexibility index (Phi) is 4.37. The molecule has 4 nitrogen and oxygen atoms in total. The molecule has 0 saturated carbocycles. The lowest BCUT2D eigenvalue weighted by atomic mass is 10.1. The van der Waals surface area contributed by atoms with Crippen molar-refractivity contribution in [2.24, 2.45) is 0 Å². The monoisotopic (exact) mass is 240 g/mol. The van der Waals surface area contributed by atoms with Gasteiger partial charge in [0.05, 0.1) is 18.4 Å². The molecule has 0 radical (unpaired) electrons. The fourth-order valence-electron chi connectivity index (χ4n) is 1.12. The van der Waals surface area contributed by atoms with E-state index in [9.17, 15) is 9.59 Å². The first-order valence-corrected chi connectivity index (χ1v) is 5.56. The molecule has 0 saturated heterocycles. The van der Waals surface area contributed by atoms with Crippen LogP contribution in [-0.4, -0.2) is 29.9 Å². The predicted octanol–water partition coefficient (Wildman–Crippen LogP) is 1.96. The minimum atomic E-state index is -0.960. The van der Waals surface area contributed by atoms with Crippen molar-refractivity contribution in [2.75, 3.05) is 12.9 Å². The van der Waals surface area contributed by atoms with Crippen molar-refractivity contribution < 1.29 is 19.4 Å². The Balaban J connectivity index is 2.79. The van der Waals surface area contributed by atoms with E-state index in [1.165, 1.54) is 18.9 Å². The molecule has 0 aliphatic heterocycles. The first-order valence-electron chi connectivity index (χ1n) is 4.58. The molecule has 0 spiro atoms. The van der Waals surface area contributed by atoms with E-state index in [2.05, 4.69) is 4.74 Å². The number of benzene rings is 1. The van der Waals surface area contributed by atoms with Gasteiger partial charge in [0.15, 0.2) is 0 Å². The van der Waals surface area contributed by atoms with Gasteiger partial charge in [-0.1, -0.05) is 6.07 Å². The van der Waals surface area contributed by atoms with Gasteiger partial charge in [-0.25, -0.2) is 4.79 Å². The number of carboxylic acids is 1. The topological polar surface area (TPSA) is 63.6 Å². The van der Waals surface area contributed by atoms with Crippen molar-refractivity contribution in [3.63, 3.8) is 0 Å². The van der Waals surface area contributed by atoms with Crippen LogP contribution in [-0.2, 0) is 9.53 Å². The van der Waals surface area contributed by atoms with Crippen LogP contribution >= 0.6 is 11.8 Å². The largest absolute Gasteiger partial charge is 0.478 e. The SMILES string of the molecule is COC(=O)CSc1ccc(C)c(C(=O)O)c1. The van der Waals surface area contributed by atoms with Gasteiger partial charge in [-0.15, -0.1) is 11.8 Å². The molecular weight excluding hydrogens is 228 g/mol. The third-order valence-electron chi connectivity index (χ3n) is 2.02. The number of rotatable bonds is 4. The summed E-state index contributed by atoms with van der Waals surface area (Å²) in [5, 5.41) is 8.91. The Bertz CT molecular complexity index is 414. The first kappa shape index (κ1) is 12.6.